The summed E-state index contributed by atoms with van der Waals surface area (Å²) in [5.41, 5.74) is 0.713. The van der Waals surface area contributed by atoms with Crippen molar-refractivity contribution in [3.05, 3.63) is 30.0 Å². The molecule has 3 heteroatoms. The molecule has 3 nitrogen and oxygen atoms in total. The smallest absolute Gasteiger partial charge is 0.246 e. The van der Waals surface area contributed by atoms with Crippen LogP contribution in [0.4, 0.5) is 0 Å². The molecule has 0 amide bonds. The summed E-state index contributed by atoms with van der Waals surface area (Å²) in [6, 6.07) is 9.63. The molecule has 1 fully saturated rings. The number of para-hydroxylation sites is 1. The van der Waals surface area contributed by atoms with Gasteiger partial charge in [-0.2, -0.15) is 5.26 Å². The summed E-state index contributed by atoms with van der Waals surface area (Å²) in [7, 11) is 0. The highest BCUT2D eigenvalue weighted by Gasteiger charge is 2.22. The molecule has 0 radical (unpaired) electrons. The maximum atomic E-state index is 9.02. The molecule has 1 heterocycles. The van der Waals surface area contributed by atoms with Gasteiger partial charge in [0.2, 0.25) is 5.76 Å². The molecule has 2 aromatic rings. The fraction of sp³-hybridized carbons (Fsp3) is 0.357. The molecular formula is C14H13NO2. The molecule has 0 bridgehead atoms. The number of nitrogens with zero attached hydrogens (tertiary/aromatic N) is 1. The van der Waals surface area contributed by atoms with Crippen molar-refractivity contribution >= 4 is 11.0 Å². The highest BCUT2D eigenvalue weighted by molar-refractivity contribution is 5.86. The third kappa shape index (κ3) is 1.99. The van der Waals surface area contributed by atoms with Gasteiger partial charge in [-0.1, -0.05) is 25.0 Å². The Balaban J connectivity index is 1.86. The van der Waals surface area contributed by atoms with Crippen LogP contribution in [0, 0.1) is 17.2 Å². The molecule has 0 atom stereocenters. The summed E-state index contributed by atoms with van der Waals surface area (Å²) in [5.74, 6) is 1.71. The number of benzene rings is 1. The van der Waals surface area contributed by atoms with Crippen LogP contribution in [0.2, 0.25) is 0 Å². The topological polar surface area (TPSA) is 46.2 Å². The molecular weight excluding hydrogens is 214 g/mol. The minimum Gasteiger partial charge on any atom is -0.488 e. The lowest BCUT2D eigenvalue weighted by atomic mass is 10.2. The van der Waals surface area contributed by atoms with Gasteiger partial charge in [-0.3, -0.25) is 0 Å². The summed E-state index contributed by atoms with van der Waals surface area (Å²) >= 11 is 0. The van der Waals surface area contributed by atoms with E-state index in [0.29, 0.717) is 17.9 Å². The van der Waals surface area contributed by atoms with Gasteiger partial charge in [0.15, 0.2) is 5.75 Å². The van der Waals surface area contributed by atoms with E-state index in [1.165, 1.54) is 12.8 Å². The van der Waals surface area contributed by atoms with Crippen LogP contribution in [-0.4, -0.2) is 6.61 Å². The van der Waals surface area contributed by atoms with Crippen molar-refractivity contribution in [2.24, 2.45) is 5.92 Å². The van der Waals surface area contributed by atoms with Crippen LogP contribution in [0.5, 0.6) is 5.75 Å². The molecule has 1 aliphatic carbocycles. The van der Waals surface area contributed by atoms with Gasteiger partial charge < -0.3 is 9.15 Å². The van der Waals surface area contributed by atoms with E-state index in [0.717, 1.165) is 17.7 Å². The number of furan rings is 1. The van der Waals surface area contributed by atoms with E-state index in [4.69, 9.17) is 14.4 Å². The zero-order valence-electron chi connectivity index (χ0n) is 9.48. The fourth-order valence-corrected chi connectivity index (χ4v) is 1.97. The Hall–Kier alpha value is -1.95. The van der Waals surface area contributed by atoms with Crippen molar-refractivity contribution in [3.63, 3.8) is 0 Å². The van der Waals surface area contributed by atoms with E-state index in [1.54, 1.807) is 0 Å². The Morgan fingerprint density at radius 1 is 1.35 bits per heavy atom. The number of hydrogen-bond acceptors (Lipinski definition) is 3. The van der Waals surface area contributed by atoms with Crippen molar-refractivity contribution in [2.75, 3.05) is 6.61 Å². The molecule has 0 spiro atoms. The van der Waals surface area contributed by atoms with Gasteiger partial charge in [-0.15, -0.1) is 0 Å². The van der Waals surface area contributed by atoms with Gasteiger partial charge in [-0.05, 0) is 24.5 Å². The van der Waals surface area contributed by atoms with Crippen LogP contribution in [0.3, 0.4) is 0 Å². The van der Waals surface area contributed by atoms with Crippen LogP contribution >= 0.6 is 0 Å². The minimum absolute atomic E-state index is 0.280. The highest BCUT2D eigenvalue weighted by Crippen LogP contribution is 2.35. The summed E-state index contributed by atoms with van der Waals surface area (Å²) < 4.78 is 11.2. The monoisotopic (exact) mass is 227 g/mol. The van der Waals surface area contributed by atoms with Crippen molar-refractivity contribution in [3.8, 4) is 11.8 Å². The zero-order valence-corrected chi connectivity index (χ0v) is 9.48. The van der Waals surface area contributed by atoms with Crippen LogP contribution in [0.15, 0.2) is 28.7 Å². The minimum atomic E-state index is 0.280. The molecule has 1 aliphatic rings. The average Bonchev–Trinajstić information content (AvgIpc) is 3.11. The lowest BCUT2D eigenvalue weighted by Gasteiger charge is -2.03. The van der Waals surface area contributed by atoms with Crippen molar-refractivity contribution in [1.82, 2.24) is 0 Å². The first-order valence-corrected chi connectivity index (χ1v) is 5.93. The normalized spacial score (nSPS) is 14.8. The van der Waals surface area contributed by atoms with Crippen LogP contribution in [0.25, 0.3) is 11.0 Å². The third-order valence-electron chi connectivity index (χ3n) is 3.12. The van der Waals surface area contributed by atoms with Gasteiger partial charge in [0, 0.05) is 0 Å². The van der Waals surface area contributed by atoms with Crippen molar-refractivity contribution in [1.29, 1.82) is 5.26 Å². The Kier molecular flexibility index (Phi) is 2.49. The first-order valence-electron chi connectivity index (χ1n) is 5.93. The number of fused-ring (bicyclic) bond motifs is 1. The van der Waals surface area contributed by atoms with E-state index in [1.807, 2.05) is 30.3 Å². The Labute approximate surface area is 99.6 Å². The number of hydrogen-bond donors (Lipinski definition) is 0. The second-order valence-corrected chi connectivity index (χ2v) is 4.45. The first kappa shape index (κ1) is 10.2. The van der Waals surface area contributed by atoms with E-state index in [2.05, 4.69) is 0 Å². The summed E-state index contributed by atoms with van der Waals surface area (Å²) in [6.45, 7) is 0.670. The van der Waals surface area contributed by atoms with E-state index >= 15 is 0 Å². The first-order chi connectivity index (χ1) is 8.38. The van der Waals surface area contributed by atoms with Gasteiger partial charge in [0.1, 0.15) is 11.7 Å². The fourth-order valence-electron chi connectivity index (χ4n) is 1.97. The Bertz CT molecular complexity index is 575. The molecule has 0 aliphatic heterocycles. The van der Waals surface area contributed by atoms with Gasteiger partial charge >= 0.3 is 0 Å². The second-order valence-electron chi connectivity index (χ2n) is 4.45. The van der Waals surface area contributed by atoms with Crippen LogP contribution in [-0.2, 0) is 0 Å². The SMILES string of the molecule is N#Cc1oc2ccccc2c1OCCC1CC1. The molecule has 1 aromatic carbocycles. The quantitative estimate of drug-likeness (QED) is 0.803. The predicted molar refractivity (Wildman–Crippen MR) is 63.8 cm³/mol. The molecule has 86 valence electrons. The summed E-state index contributed by atoms with van der Waals surface area (Å²) in [6.07, 6.45) is 3.71. The third-order valence-corrected chi connectivity index (χ3v) is 3.12. The average molecular weight is 227 g/mol. The second kappa shape index (κ2) is 4.14. The van der Waals surface area contributed by atoms with E-state index < -0.39 is 0 Å². The zero-order chi connectivity index (χ0) is 11.7. The molecule has 0 N–H and O–H groups in total. The summed E-state index contributed by atoms with van der Waals surface area (Å²) in [5, 5.41) is 9.91. The molecule has 0 saturated heterocycles. The number of nitriles is 1. The van der Waals surface area contributed by atoms with E-state index in [-0.39, 0.29) is 5.76 Å². The number of rotatable bonds is 4. The standard InChI is InChI=1S/C14H13NO2/c15-9-13-14(16-8-7-10-5-6-10)11-3-1-2-4-12(11)17-13/h1-4,10H,5-8H2. The maximum absolute atomic E-state index is 9.02. The molecule has 3 rings (SSSR count). The lowest BCUT2D eigenvalue weighted by molar-refractivity contribution is 0.300. The Morgan fingerprint density at radius 2 is 2.18 bits per heavy atom. The lowest BCUT2D eigenvalue weighted by Crippen LogP contribution is -1.98. The molecule has 17 heavy (non-hydrogen) atoms. The van der Waals surface area contributed by atoms with Gasteiger partial charge in [0.05, 0.1) is 12.0 Å². The van der Waals surface area contributed by atoms with Crippen molar-refractivity contribution in [2.45, 2.75) is 19.3 Å². The highest BCUT2D eigenvalue weighted by atomic mass is 16.5. The largest absolute Gasteiger partial charge is 0.488 e. The van der Waals surface area contributed by atoms with Crippen LogP contribution < -0.4 is 4.74 Å². The molecule has 1 aromatic heterocycles. The van der Waals surface area contributed by atoms with Gasteiger partial charge in [0.25, 0.3) is 0 Å². The Morgan fingerprint density at radius 3 is 2.94 bits per heavy atom. The number of ether oxygens (including phenoxy) is 1. The maximum Gasteiger partial charge on any atom is 0.246 e. The van der Waals surface area contributed by atoms with Gasteiger partial charge in [-0.25, -0.2) is 0 Å². The van der Waals surface area contributed by atoms with E-state index in [9.17, 15) is 0 Å². The molecule has 0 unspecified atom stereocenters. The molecule has 1 saturated carbocycles. The predicted octanol–water partition coefficient (Wildman–Crippen LogP) is 3.48. The van der Waals surface area contributed by atoms with Crippen molar-refractivity contribution < 1.29 is 9.15 Å². The summed E-state index contributed by atoms with van der Waals surface area (Å²) in [4.78, 5) is 0. The van der Waals surface area contributed by atoms with Crippen LogP contribution in [0.1, 0.15) is 25.0 Å².